The zero-order valence-electron chi connectivity index (χ0n) is 13.9. The average Bonchev–Trinajstić information content (AvgIpc) is 3.21. The van der Waals surface area contributed by atoms with Gasteiger partial charge in [-0.25, -0.2) is 4.98 Å². The molecule has 0 bridgehead atoms. The summed E-state index contributed by atoms with van der Waals surface area (Å²) in [5, 5.41) is 15.0. The Morgan fingerprint density at radius 1 is 1.12 bits per heavy atom. The van der Waals surface area contributed by atoms with E-state index in [0.29, 0.717) is 15.4 Å². The number of nitrogens with zero attached hydrogens (tertiary/aromatic N) is 2. The summed E-state index contributed by atoms with van der Waals surface area (Å²) in [7, 11) is 0. The number of anilines is 1. The number of carbonyl (C=O) groups excluding carboxylic acids is 1. The van der Waals surface area contributed by atoms with Crippen molar-refractivity contribution >= 4 is 59.7 Å². The number of aromatic nitrogens is 1. The van der Waals surface area contributed by atoms with Gasteiger partial charge in [-0.05, 0) is 43.2 Å². The highest BCUT2D eigenvalue weighted by Crippen LogP contribution is 2.32. The van der Waals surface area contributed by atoms with Gasteiger partial charge < -0.3 is 0 Å². The number of thiophene rings is 1. The first-order chi connectivity index (χ1) is 12.4. The van der Waals surface area contributed by atoms with Gasteiger partial charge in [-0.15, -0.1) is 11.3 Å². The van der Waals surface area contributed by atoms with Gasteiger partial charge in [0.05, 0.1) is 20.0 Å². The SMILES string of the molecule is Cc1ccc2sc(NC(=O)c3cc4cc([N+](=O)[O-])ccc4s3)nc2c1C. The molecule has 2 heterocycles. The first kappa shape index (κ1) is 16.6. The molecular weight excluding hydrogens is 370 g/mol. The zero-order valence-corrected chi connectivity index (χ0v) is 15.5. The second-order valence-electron chi connectivity index (χ2n) is 5.92. The van der Waals surface area contributed by atoms with E-state index in [1.807, 2.05) is 26.0 Å². The number of carbonyl (C=O) groups is 1. The number of fused-ring (bicyclic) bond motifs is 2. The van der Waals surface area contributed by atoms with Crippen LogP contribution in [0.15, 0.2) is 36.4 Å². The Hall–Kier alpha value is -2.84. The first-order valence-electron chi connectivity index (χ1n) is 7.78. The van der Waals surface area contributed by atoms with Crippen LogP contribution in [0.5, 0.6) is 0 Å². The molecular formula is C18H13N3O3S2. The number of aryl methyl sites for hydroxylation is 2. The molecule has 1 amide bonds. The fourth-order valence-electron chi connectivity index (χ4n) is 2.69. The van der Waals surface area contributed by atoms with Crippen molar-refractivity contribution in [3.8, 4) is 0 Å². The lowest BCUT2D eigenvalue weighted by molar-refractivity contribution is -0.384. The van der Waals surface area contributed by atoms with Crippen LogP contribution >= 0.6 is 22.7 Å². The summed E-state index contributed by atoms with van der Waals surface area (Å²) in [6.45, 7) is 4.05. The van der Waals surface area contributed by atoms with E-state index in [2.05, 4.69) is 10.3 Å². The summed E-state index contributed by atoms with van der Waals surface area (Å²) in [5.74, 6) is -0.262. The largest absolute Gasteiger partial charge is 0.297 e. The van der Waals surface area contributed by atoms with Crippen LogP contribution in [0, 0.1) is 24.0 Å². The van der Waals surface area contributed by atoms with E-state index < -0.39 is 4.92 Å². The summed E-state index contributed by atoms with van der Waals surface area (Å²) < 4.78 is 1.85. The Labute approximate surface area is 156 Å². The second-order valence-corrected chi connectivity index (χ2v) is 8.03. The standard InChI is InChI=1S/C18H13N3O3S2/c1-9-3-5-14-16(10(9)2)19-18(26-14)20-17(22)15-8-11-7-12(21(23)24)4-6-13(11)25-15/h3-8H,1-2H3,(H,19,20,22). The van der Waals surface area contributed by atoms with Crippen LogP contribution in [0.1, 0.15) is 20.8 Å². The van der Waals surface area contributed by atoms with E-state index in [0.717, 1.165) is 26.0 Å². The molecule has 0 saturated carbocycles. The van der Waals surface area contributed by atoms with Crippen LogP contribution in [-0.2, 0) is 0 Å². The number of hydrogen-bond donors (Lipinski definition) is 1. The van der Waals surface area contributed by atoms with Gasteiger partial charge in [0.2, 0.25) is 0 Å². The summed E-state index contributed by atoms with van der Waals surface area (Å²) in [5.41, 5.74) is 3.18. The molecule has 0 aliphatic carbocycles. The van der Waals surface area contributed by atoms with Gasteiger partial charge in [0.25, 0.3) is 11.6 Å². The highest BCUT2D eigenvalue weighted by Gasteiger charge is 2.15. The molecule has 6 nitrogen and oxygen atoms in total. The summed E-state index contributed by atoms with van der Waals surface area (Å²) in [6.07, 6.45) is 0. The van der Waals surface area contributed by atoms with E-state index in [1.165, 1.54) is 34.8 Å². The highest BCUT2D eigenvalue weighted by molar-refractivity contribution is 7.23. The maximum Gasteiger partial charge on any atom is 0.270 e. The molecule has 0 spiro atoms. The predicted octanol–water partition coefficient (Wildman–Crippen LogP) is 5.29. The smallest absolute Gasteiger partial charge is 0.270 e. The topological polar surface area (TPSA) is 85.1 Å². The first-order valence-corrected chi connectivity index (χ1v) is 9.42. The minimum Gasteiger partial charge on any atom is -0.297 e. The number of nitrogens with one attached hydrogen (secondary N) is 1. The second kappa shape index (κ2) is 6.15. The number of thiazole rings is 1. The van der Waals surface area contributed by atoms with E-state index in [9.17, 15) is 14.9 Å². The lowest BCUT2D eigenvalue weighted by Gasteiger charge is -1.98. The van der Waals surface area contributed by atoms with Crippen LogP contribution in [0.4, 0.5) is 10.8 Å². The molecule has 0 fully saturated rings. The van der Waals surface area contributed by atoms with Crippen molar-refractivity contribution in [1.82, 2.24) is 4.98 Å². The van der Waals surface area contributed by atoms with Crippen molar-refractivity contribution in [1.29, 1.82) is 0 Å². The molecule has 0 atom stereocenters. The monoisotopic (exact) mass is 383 g/mol. The van der Waals surface area contributed by atoms with Gasteiger partial charge in [-0.2, -0.15) is 0 Å². The summed E-state index contributed by atoms with van der Waals surface area (Å²) >= 11 is 2.73. The maximum atomic E-state index is 12.6. The predicted molar refractivity (Wildman–Crippen MR) is 106 cm³/mol. The summed E-state index contributed by atoms with van der Waals surface area (Å²) in [4.78, 5) is 28.0. The van der Waals surface area contributed by atoms with Crippen LogP contribution in [0.3, 0.4) is 0 Å². The van der Waals surface area contributed by atoms with Gasteiger partial charge in [0.1, 0.15) is 0 Å². The van der Waals surface area contributed by atoms with E-state index in [1.54, 1.807) is 12.1 Å². The number of benzene rings is 2. The van der Waals surface area contributed by atoms with E-state index in [4.69, 9.17) is 0 Å². The molecule has 2 aromatic carbocycles. The zero-order chi connectivity index (χ0) is 18.4. The third kappa shape index (κ3) is 2.83. The van der Waals surface area contributed by atoms with Gasteiger partial charge in [0, 0.05) is 22.2 Å². The van der Waals surface area contributed by atoms with Crippen LogP contribution in [0.25, 0.3) is 20.3 Å². The Bertz CT molecular complexity index is 1190. The molecule has 0 radical (unpaired) electrons. The number of nitro groups is 1. The number of amides is 1. The lowest BCUT2D eigenvalue weighted by atomic mass is 10.1. The van der Waals surface area contributed by atoms with Crippen molar-refractivity contribution in [3.63, 3.8) is 0 Å². The van der Waals surface area contributed by atoms with Crippen molar-refractivity contribution in [2.75, 3.05) is 5.32 Å². The molecule has 4 rings (SSSR count). The molecule has 0 saturated heterocycles. The fraction of sp³-hybridized carbons (Fsp3) is 0.111. The molecule has 8 heteroatoms. The molecule has 0 unspecified atom stereocenters. The molecule has 130 valence electrons. The number of nitro benzene ring substituents is 1. The third-order valence-corrected chi connectivity index (χ3v) is 6.29. The Balaban J connectivity index is 1.65. The minimum atomic E-state index is -0.442. The highest BCUT2D eigenvalue weighted by atomic mass is 32.1. The van der Waals surface area contributed by atoms with Crippen molar-refractivity contribution in [3.05, 3.63) is 62.5 Å². The normalized spacial score (nSPS) is 11.2. The van der Waals surface area contributed by atoms with Crippen molar-refractivity contribution < 1.29 is 9.72 Å². The van der Waals surface area contributed by atoms with Crippen molar-refractivity contribution in [2.45, 2.75) is 13.8 Å². The van der Waals surface area contributed by atoms with Crippen molar-refractivity contribution in [2.24, 2.45) is 0 Å². The average molecular weight is 383 g/mol. The van der Waals surface area contributed by atoms with Gasteiger partial charge in [-0.1, -0.05) is 17.4 Å². The number of rotatable bonds is 3. The lowest BCUT2D eigenvalue weighted by Crippen LogP contribution is -2.09. The quantitative estimate of drug-likeness (QED) is 0.385. The van der Waals surface area contributed by atoms with Gasteiger partial charge in [0.15, 0.2) is 5.13 Å². The Morgan fingerprint density at radius 3 is 2.65 bits per heavy atom. The maximum absolute atomic E-state index is 12.6. The van der Waals surface area contributed by atoms with Gasteiger partial charge in [-0.3, -0.25) is 20.2 Å². The van der Waals surface area contributed by atoms with Crippen LogP contribution in [0.2, 0.25) is 0 Å². The van der Waals surface area contributed by atoms with E-state index in [-0.39, 0.29) is 11.6 Å². The van der Waals surface area contributed by atoms with E-state index >= 15 is 0 Å². The summed E-state index contributed by atoms with van der Waals surface area (Å²) in [6, 6.07) is 10.3. The third-order valence-electron chi connectivity index (χ3n) is 4.24. The van der Waals surface area contributed by atoms with Crippen LogP contribution < -0.4 is 5.32 Å². The molecule has 2 aromatic heterocycles. The molecule has 0 aliphatic rings. The fourth-order valence-corrected chi connectivity index (χ4v) is 4.55. The minimum absolute atomic E-state index is 0.0132. The molecule has 26 heavy (non-hydrogen) atoms. The molecule has 0 aliphatic heterocycles. The van der Waals surface area contributed by atoms with Crippen LogP contribution in [-0.4, -0.2) is 15.8 Å². The Morgan fingerprint density at radius 2 is 1.88 bits per heavy atom. The number of non-ortho nitro benzene ring substituents is 1. The molecule has 4 aromatic rings. The molecule has 1 N–H and O–H groups in total. The number of hydrogen-bond acceptors (Lipinski definition) is 6. The Kier molecular flexibility index (Phi) is 3.93. The van der Waals surface area contributed by atoms with Gasteiger partial charge >= 0.3 is 0 Å².